The summed E-state index contributed by atoms with van der Waals surface area (Å²) in [7, 11) is 1.69. The van der Waals surface area contributed by atoms with E-state index in [4.69, 9.17) is 4.99 Å². The molecular weight excluding hydrogens is 318 g/mol. The highest BCUT2D eigenvalue weighted by atomic mass is 16.2. The van der Waals surface area contributed by atoms with Crippen molar-refractivity contribution in [3.63, 3.8) is 0 Å². The number of imide groups is 1. The van der Waals surface area contributed by atoms with Crippen molar-refractivity contribution in [1.29, 1.82) is 0 Å². The van der Waals surface area contributed by atoms with Crippen LogP contribution < -0.4 is 4.57 Å². The Morgan fingerprint density at radius 1 is 1.28 bits per heavy atom. The van der Waals surface area contributed by atoms with E-state index in [9.17, 15) is 9.59 Å². The molecule has 3 heterocycles. The highest BCUT2D eigenvalue weighted by Gasteiger charge is 2.54. The molecule has 0 radical (unpaired) electrons. The van der Waals surface area contributed by atoms with Gasteiger partial charge in [0.1, 0.15) is 11.4 Å². The van der Waals surface area contributed by atoms with E-state index >= 15 is 0 Å². The van der Waals surface area contributed by atoms with Crippen LogP contribution in [0.5, 0.6) is 0 Å². The van der Waals surface area contributed by atoms with Gasteiger partial charge in [-0.25, -0.2) is 13.9 Å². The highest BCUT2D eigenvalue weighted by molar-refractivity contribution is 6.19. The third-order valence-electron chi connectivity index (χ3n) is 5.76. The van der Waals surface area contributed by atoms with Crippen molar-refractivity contribution in [3.05, 3.63) is 24.0 Å². The van der Waals surface area contributed by atoms with Crippen LogP contribution in [-0.4, -0.2) is 45.7 Å². The summed E-state index contributed by atoms with van der Waals surface area (Å²) in [4.78, 5) is 33.0. The Morgan fingerprint density at radius 3 is 2.60 bits per heavy atom. The van der Waals surface area contributed by atoms with Crippen LogP contribution in [-0.2, 0) is 4.79 Å². The van der Waals surface area contributed by atoms with E-state index < -0.39 is 6.04 Å². The van der Waals surface area contributed by atoms with Crippen molar-refractivity contribution in [2.45, 2.75) is 51.6 Å². The van der Waals surface area contributed by atoms with Gasteiger partial charge >= 0.3 is 12.0 Å². The summed E-state index contributed by atoms with van der Waals surface area (Å²) in [5, 5.41) is 0. The molecule has 1 aliphatic carbocycles. The topological polar surface area (TPSA) is 61.8 Å². The summed E-state index contributed by atoms with van der Waals surface area (Å²) in [5.74, 6) is 1.10. The van der Waals surface area contributed by atoms with Gasteiger partial charge in [0.25, 0.3) is 5.91 Å². The lowest BCUT2D eigenvalue weighted by Crippen LogP contribution is -2.63. The Kier molecular flexibility index (Phi) is 3.56. The first-order chi connectivity index (χ1) is 12.0. The van der Waals surface area contributed by atoms with Crippen LogP contribution in [0.4, 0.5) is 10.7 Å². The number of imidazole rings is 1. The van der Waals surface area contributed by atoms with E-state index in [-0.39, 0.29) is 18.5 Å². The lowest BCUT2D eigenvalue weighted by Gasteiger charge is -2.32. The normalized spacial score (nSPS) is 23.2. The van der Waals surface area contributed by atoms with Gasteiger partial charge in [0.05, 0.1) is 6.04 Å². The monoisotopic (exact) mass is 342 g/mol. The van der Waals surface area contributed by atoms with Crippen LogP contribution in [0.2, 0.25) is 0 Å². The first-order valence-corrected chi connectivity index (χ1v) is 8.88. The van der Waals surface area contributed by atoms with Crippen LogP contribution in [0.15, 0.2) is 17.6 Å². The van der Waals surface area contributed by atoms with Crippen LogP contribution >= 0.6 is 0 Å². The quantitative estimate of drug-likeness (QED) is 0.624. The number of hydrogen-bond acceptors (Lipinski definition) is 3. The van der Waals surface area contributed by atoms with Crippen molar-refractivity contribution in [2.75, 3.05) is 13.6 Å². The largest absolute Gasteiger partial charge is 0.402 e. The maximum Gasteiger partial charge on any atom is 0.402 e. The predicted molar refractivity (Wildman–Crippen MR) is 92.8 cm³/mol. The number of carbonyl (C=O) groups excluding carboxylic acids is 2. The third kappa shape index (κ3) is 2.04. The van der Waals surface area contributed by atoms with E-state index in [1.54, 1.807) is 13.1 Å². The molecule has 4 rings (SSSR count). The Balaban J connectivity index is 1.86. The van der Waals surface area contributed by atoms with Crippen LogP contribution in [0.1, 0.15) is 49.2 Å². The maximum absolute atomic E-state index is 13.0. The molecule has 3 amide bonds. The summed E-state index contributed by atoms with van der Waals surface area (Å²) in [5.41, 5.74) is 2.20. The second-order valence-electron chi connectivity index (χ2n) is 7.10. The summed E-state index contributed by atoms with van der Waals surface area (Å²) in [6.07, 6.45) is 6.32. The number of amidine groups is 1. The minimum absolute atomic E-state index is 0.211. The van der Waals surface area contributed by atoms with Gasteiger partial charge in [-0.3, -0.25) is 14.6 Å². The average Bonchev–Trinajstić information content (AvgIpc) is 3.28. The van der Waals surface area contributed by atoms with E-state index in [0.29, 0.717) is 11.9 Å². The van der Waals surface area contributed by atoms with E-state index in [2.05, 4.69) is 18.1 Å². The summed E-state index contributed by atoms with van der Waals surface area (Å²) in [6, 6.07) is -0.466. The zero-order valence-electron chi connectivity index (χ0n) is 15.0. The number of rotatable bonds is 3. The summed E-state index contributed by atoms with van der Waals surface area (Å²) < 4.78 is 4.28. The van der Waals surface area contributed by atoms with Crippen molar-refractivity contribution >= 4 is 23.7 Å². The molecule has 7 heteroatoms. The van der Waals surface area contributed by atoms with Gasteiger partial charge < -0.3 is 0 Å². The molecule has 1 unspecified atom stereocenters. The Bertz CT molecular complexity index is 816. The van der Waals surface area contributed by atoms with Crippen LogP contribution in [0, 0.1) is 13.8 Å². The molecule has 7 nitrogen and oxygen atoms in total. The molecule has 0 spiro atoms. The predicted octanol–water partition coefficient (Wildman–Crippen LogP) is 2.17. The van der Waals surface area contributed by atoms with Gasteiger partial charge in [0.2, 0.25) is 11.9 Å². The van der Waals surface area contributed by atoms with E-state index in [1.165, 1.54) is 22.6 Å². The molecule has 3 aliphatic rings. The molecule has 25 heavy (non-hydrogen) atoms. The molecular formula is C18H24N5O2+. The third-order valence-corrected chi connectivity index (χ3v) is 5.76. The second-order valence-corrected chi connectivity index (χ2v) is 7.10. The van der Waals surface area contributed by atoms with Gasteiger partial charge in [0, 0.05) is 13.6 Å². The second kappa shape index (κ2) is 5.54. The SMILES string of the molecule is C=CCN1C(=O)C2C(=Nc3n(C4CCCC4)c(C)c(C)[n+]32)N(C)C1=O. The van der Waals surface area contributed by atoms with Crippen molar-refractivity contribution in [3.8, 4) is 0 Å². The number of amides is 3. The Labute approximate surface area is 147 Å². The molecule has 1 aromatic rings. The van der Waals surface area contributed by atoms with Gasteiger partial charge in [-0.2, -0.15) is 0 Å². The minimum atomic E-state index is -0.556. The number of hydrogen-bond donors (Lipinski definition) is 0. The standard InChI is InChI=1S/C18H24N5O2/c1-5-10-21-16(24)14-15(20(4)18(21)25)19-17-22(13-8-6-7-9-13)11(2)12(3)23(14)17/h5,13-14H,1,6-10H2,2-4H3/q+1. The molecule has 2 fully saturated rings. The fraction of sp³-hybridized carbons (Fsp3) is 0.556. The lowest BCUT2D eigenvalue weighted by atomic mass is 10.1. The number of nitrogens with zero attached hydrogens (tertiary/aromatic N) is 5. The molecule has 0 N–H and O–H groups in total. The van der Waals surface area contributed by atoms with Crippen LogP contribution in [0.25, 0.3) is 0 Å². The Hall–Kier alpha value is -2.44. The molecule has 2 aliphatic heterocycles. The number of carbonyl (C=O) groups is 2. The number of fused-ring (bicyclic) bond motifs is 3. The molecule has 0 bridgehead atoms. The molecule has 1 saturated carbocycles. The molecule has 0 aromatic carbocycles. The fourth-order valence-corrected chi connectivity index (χ4v) is 4.36. The van der Waals surface area contributed by atoms with Gasteiger partial charge in [0.15, 0.2) is 0 Å². The van der Waals surface area contributed by atoms with Crippen LogP contribution in [0.3, 0.4) is 0 Å². The zero-order chi connectivity index (χ0) is 17.9. The lowest BCUT2D eigenvalue weighted by molar-refractivity contribution is -0.683. The fourth-order valence-electron chi connectivity index (χ4n) is 4.36. The van der Waals surface area contributed by atoms with E-state index in [1.807, 2.05) is 11.5 Å². The number of aliphatic imine (C=N–C) groups is 1. The van der Waals surface area contributed by atoms with Gasteiger partial charge in [-0.15, -0.1) is 6.58 Å². The molecule has 132 valence electrons. The average molecular weight is 342 g/mol. The molecule has 1 aromatic heterocycles. The number of aromatic nitrogens is 2. The maximum atomic E-state index is 13.0. The number of likely N-dealkylation sites (N-methyl/N-ethyl adjacent to an activating group) is 1. The minimum Gasteiger partial charge on any atom is -0.270 e. The highest BCUT2D eigenvalue weighted by Crippen LogP contribution is 2.38. The van der Waals surface area contributed by atoms with Gasteiger partial charge in [-0.05, 0) is 39.5 Å². The molecule has 1 atom stereocenters. The van der Waals surface area contributed by atoms with E-state index in [0.717, 1.165) is 30.2 Å². The zero-order valence-corrected chi connectivity index (χ0v) is 15.0. The smallest absolute Gasteiger partial charge is 0.270 e. The number of urea groups is 1. The van der Waals surface area contributed by atoms with Crippen molar-refractivity contribution in [2.24, 2.45) is 4.99 Å². The Morgan fingerprint density at radius 2 is 1.96 bits per heavy atom. The first kappa shape index (κ1) is 16.1. The van der Waals surface area contributed by atoms with Crippen molar-refractivity contribution < 1.29 is 14.2 Å². The summed E-state index contributed by atoms with van der Waals surface area (Å²) in [6.45, 7) is 8.00. The van der Waals surface area contributed by atoms with Crippen molar-refractivity contribution in [1.82, 2.24) is 14.4 Å². The summed E-state index contributed by atoms with van der Waals surface area (Å²) >= 11 is 0. The molecule has 1 saturated heterocycles. The van der Waals surface area contributed by atoms with Gasteiger partial charge in [-0.1, -0.05) is 11.1 Å². The first-order valence-electron chi connectivity index (χ1n) is 8.88.